The maximum Gasteiger partial charge on any atom is 0.408 e. The summed E-state index contributed by atoms with van der Waals surface area (Å²) in [6, 6.07) is 53.7. The minimum Gasteiger partial charge on any atom is -1.00 e. The van der Waals surface area contributed by atoms with E-state index in [2.05, 4.69) is 368 Å². The molecule has 6 aromatic carbocycles. The van der Waals surface area contributed by atoms with Crippen molar-refractivity contribution in [2.45, 2.75) is 90.9 Å². The van der Waals surface area contributed by atoms with E-state index >= 15 is 0 Å². The monoisotopic (exact) mass is 2000 g/mol. The predicted octanol–water partition coefficient (Wildman–Crippen LogP) is 9.19. The SMILES string of the molecule is C#CC#CC#CC#CC#CC#CC#CC#CC#CC#CC#CC#CC#CC#CC.C#CC#CC#CC#CC#CC#CC#CC#CC#CC#CC#CC#CC#CC#CC#CC.CCOC(C)=O.O=C(CBr)c1ccccc1.O=C(NC(C(=O)O[C@H]1CN2CCC1CC2)c1ccccc1)OCc1ccccc1.O=C(NC(C(=O)O[C@H]1C[N+]2(CC(=O)c3ccccc3)CCC1CC2)c1ccccc1)OCc1ccccc1.[Br-]. The Hall–Kier alpha value is -20.3. The lowest BCUT2D eigenvalue weighted by Crippen LogP contribution is -3.00. The van der Waals surface area contributed by atoms with Gasteiger partial charge in [-0.25, -0.2) is 19.2 Å². The Kier molecular flexibility index (Phi) is 62.0. The standard InChI is InChI=1S/C31H32N2O5.C31H4.C29H4.C23H26N2O4.C8H7BrO.C4H8O2.BrH/c34-27(24-12-6-2-7-13-24)20-33-18-16-25(17-19-33)28(21-33)38-30(35)29(26-14-8-3-9-15-26)32-31(36)37-22-23-10-4-1-5-11-23;1-3-5-7-9-11-13-15-17-19-21-23-25-27-29-31-30-28-26-24-22-20-18-16-14-12-10-8-6-4-2;1-3-5-7-9-11-13-15-17-19-21-23-25-27-29-28-26-24-22-20-18-16-14-12-10-8-6-4-2;26-22(29-20-15-25-13-11-18(20)12-14-25)21(19-9-5-2-6-10-19)24-23(27)28-16-17-7-3-1-4-8-17;9-6-8(10)7-4-2-1-3-5-7;1-3-6-4(2)5;/h1-15,25,28-29H,16-22H2;1H,2H3;1H,2H3;1-10,18,20-21H,11-16H2,(H,24,27);1-5H,6H2;3H2,1-2H3;1H/t25?,28-,29?,33?;;;20-,21?;;;/m0..0.../s1. The summed E-state index contributed by atoms with van der Waals surface area (Å²) in [5.74, 6) is 139. The quantitative estimate of drug-likeness (QED) is 0.0207. The molecular weight excluding hydrogens is 1920 g/mol. The highest BCUT2D eigenvalue weighted by Gasteiger charge is 2.49. The number of nitrogens with zero attached hydrogens (tertiary/aromatic N) is 2. The first-order valence-electron chi connectivity index (χ1n) is 43.3. The van der Waals surface area contributed by atoms with Crippen molar-refractivity contribution in [2.24, 2.45) is 11.8 Å². The molecule has 6 heterocycles. The second-order valence-electron chi connectivity index (χ2n) is 28.1. The van der Waals surface area contributed by atoms with Gasteiger partial charge in [0.25, 0.3) is 0 Å². The number of carbonyl (C=O) groups excluding carboxylic acids is 7. The van der Waals surface area contributed by atoms with Crippen LogP contribution in [0.15, 0.2) is 182 Å². The zero-order valence-electron chi connectivity index (χ0n) is 78.6. The summed E-state index contributed by atoms with van der Waals surface area (Å²) in [7, 11) is 0. The van der Waals surface area contributed by atoms with Gasteiger partial charge in [-0.05, 0) is 264 Å². The van der Waals surface area contributed by atoms with Gasteiger partial charge in [0.15, 0.2) is 24.0 Å². The van der Waals surface area contributed by atoms with Gasteiger partial charge in [0, 0.05) is 174 Å². The molecule has 0 aromatic heterocycles. The predicted molar refractivity (Wildman–Crippen MR) is 556 cm³/mol. The number of ketones is 2. The van der Waals surface area contributed by atoms with Crippen LogP contribution in [0, 0.1) is 356 Å². The number of fused-ring (bicyclic) bond motifs is 6. The number of hydrogen-bond acceptors (Lipinski definition) is 13. The third-order valence-electron chi connectivity index (χ3n) is 18.5. The highest BCUT2D eigenvalue weighted by molar-refractivity contribution is 9.09. The summed E-state index contributed by atoms with van der Waals surface area (Å²) < 4.78 is 27.6. The van der Waals surface area contributed by atoms with Crippen molar-refractivity contribution in [3.8, 4) is 344 Å². The molecular formula is C126H82Br2N4O12. The van der Waals surface area contributed by atoms with E-state index in [-0.39, 0.29) is 65.9 Å². The molecule has 6 fully saturated rings. The molecule has 4 atom stereocenters. The normalized spacial score (nSPS) is 13.4. The minimum absolute atomic E-state index is 0. The lowest BCUT2D eigenvalue weighted by atomic mass is 9.82. The van der Waals surface area contributed by atoms with Crippen LogP contribution in [-0.2, 0) is 51.3 Å². The zero-order chi connectivity index (χ0) is 102. The van der Waals surface area contributed by atoms with E-state index < -0.39 is 36.2 Å². The van der Waals surface area contributed by atoms with Gasteiger partial charge in [0.1, 0.15) is 32.4 Å². The number of quaternary nitrogens is 1. The van der Waals surface area contributed by atoms with Crippen LogP contribution < -0.4 is 27.6 Å². The van der Waals surface area contributed by atoms with Crippen molar-refractivity contribution < 1.29 is 78.7 Å². The molecule has 692 valence electrons. The molecule has 6 saturated heterocycles. The van der Waals surface area contributed by atoms with Crippen molar-refractivity contribution in [3.63, 3.8) is 0 Å². The van der Waals surface area contributed by atoms with Crippen LogP contribution in [0.4, 0.5) is 9.59 Å². The number of amides is 2. The molecule has 6 aromatic rings. The molecule has 2 N–H and O–H groups in total. The second-order valence-corrected chi connectivity index (χ2v) is 28.6. The molecule has 18 heteroatoms. The van der Waals surface area contributed by atoms with Crippen LogP contribution in [-0.4, -0.2) is 121 Å². The van der Waals surface area contributed by atoms with Crippen molar-refractivity contribution >= 4 is 57.6 Å². The van der Waals surface area contributed by atoms with Crippen molar-refractivity contribution in [3.05, 3.63) is 215 Å². The Balaban J connectivity index is 0.000000381. The second kappa shape index (κ2) is 77.0. The van der Waals surface area contributed by atoms with Crippen molar-refractivity contribution in [2.75, 3.05) is 57.8 Å². The number of piperidine rings is 6. The first-order chi connectivity index (χ1) is 70.1. The number of halogens is 2. The number of nitrogens with one attached hydrogen (secondary N) is 2. The van der Waals surface area contributed by atoms with Gasteiger partial charge >= 0.3 is 30.1 Å². The molecule has 0 saturated carbocycles. The van der Waals surface area contributed by atoms with E-state index in [9.17, 15) is 33.6 Å². The van der Waals surface area contributed by atoms with Gasteiger partial charge in [-0.3, -0.25) is 19.3 Å². The number of alkyl carbamates (subject to hydrolysis) is 2. The summed E-state index contributed by atoms with van der Waals surface area (Å²) in [4.78, 5) is 87.6. The number of ether oxygens (including phenoxy) is 5. The van der Waals surface area contributed by atoms with Crippen LogP contribution in [0.25, 0.3) is 0 Å². The number of hydrogen-bond donors (Lipinski definition) is 2. The Bertz CT molecular complexity index is 7590. The summed E-state index contributed by atoms with van der Waals surface area (Å²) in [6.45, 7) is 13.0. The summed E-state index contributed by atoms with van der Waals surface area (Å²) in [5.41, 5.74) is 4.51. The molecule has 16 nitrogen and oxygen atoms in total. The number of rotatable bonds is 18. The first kappa shape index (κ1) is 116. The number of alkyl halides is 1. The van der Waals surface area contributed by atoms with Crippen LogP contribution in [0.1, 0.15) is 108 Å². The van der Waals surface area contributed by atoms with E-state index in [0.717, 1.165) is 75.1 Å². The average molecular weight is 2000 g/mol. The zero-order valence-corrected chi connectivity index (χ0v) is 81.8. The molecule has 0 radical (unpaired) electrons. The third-order valence-corrected chi connectivity index (χ3v) is 19.0. The Morgan fingerprint density at radius 1 is 0.361 bits per heavy atom. The van der Waals surface area contributed by atoms with Gasteiger partial charge in [-0.2, -0.15) is 0 Å². The Morgan fingerprint density at radius 2 is 0.625 bits per heavy atom. The number of benzene rings is 6. The third kappa shape index (κ3) is 54.3. The Morgan fingerprint density at radius 3 is 0.882 bits per heavy atom. The molecule has 12 rings (SSSR count). The first-order valence-corrected chi connectivity index (χ1v) is 44.4. The van der Waals surface area contributed by atoms with E-state index in [0.29, 0.717) is 52.1 Å². The fourth-order valence-corrected chi connectivity index (χ4v) is 12.6. The van der Waals surface area contributed by atoms with Crippen LogP contribution in [0.3, 0.4) is 0 Å². The van der Waals surface area contributed by atoms with Crippen LogP contribution >= 0.6 is 15.9 Å². The van der Waals surface area contributed by atoms with E-state index in [1.807, 2.05) is 158 Å². The number of carbonyl (C=O) groups is 7. The molecule has 0 aliphatic carbocycles. The summed E-state index contributed by atoms with van der Waals surface area (Å²) >= 11 is 3.10. The summed E-state index contributed by atoms with van der Waals surface area (Å²) in [5, 5.41) is 5.79. The van der Waals surface area contributed by atoms with Gasteiger partial charge in [-0.15, -0.1) is 12.8 Å². The molecule has 144 heavy (non-hydrogen) atoms. The maximum absolute atomic E-state index is 13.5. The minimum atomic E-state index is -0.991. The number of terminal acetylenes is 2. The molecule has 0 spiro atoms. The molecule has 2 unspecified atom stereocenters. The van der Waals surface area contributed by atoms with Gasteiger partial charge in [-0.1, -0.05) is 210 Å². The lowest BCUT2D eigenvalue weighted by Gasteiger charge is -2.51. The molecule has 6 aliphatic heterocycles. The highest BCUT2D eigenvalue weighted by Crippen LogP contribution is 2.37. The Labute approximate surface area is 865 Å². The fourth-order valence-electron chi connectivity index (χ4n) is 12.3. The van der Waals surface area contributed by atoms with Gasteiger partial charge < -0.3 is 55.8 Å². The van der Waals surface area contributed by atoms with E-state index in [4.69, 9.17) is 31.8 Å². The molecule has 6 aliphatic rings. The highest BCUT2D eigenvalue weighted by atomic mass is 79.9. The average Bonchev–Trinajstić information content (AvgIpc) is 0.766. The van der Waals surface area contributed by atoms with Crippen molar-refractivity contribution in [1.82, 2.24) is 15.5 Å². The van der Waals surface area contributed by atoms with Gasteiger partial charge in [0.05, 0.1) is 25.0 Å². The fraction of sp³-hybridized carbons (Fsp3) is 0.198. The lowest BCUT2D eigenvalue weighted by molar-refractivity contribution is -0.938. The van der Waals surface area contributed by atoms with Crippen LogP contribution in [0.5, 0.6) is 0 Å². The van der Waals surface area contributed by atoms with E-state index in [1.54, 1.807) is 45.0 Å². The number of esters is 3. The molecule has 4 bridgehead atoms. The smallest absolute Gasteiger partial charge is 0.408 e. The summed E-state index contributed by atoms with van der Waals surface area (Å²) in [6.07, 6.45) is 12.0. The van der Waals surface area contributed by atoms with Gasteiger partial charge in [0.2, 0.25) is 5.78 Å². The molecule has 2 amide bonds. The number of Topliss-reactive ketones (excluding diaryl/α,β-unsaturated/α-hetero) is 2. The van der Waals surface area contributed by atoms with E-state index in [1.165, 1.54) is 6.92 Å². The van der Waals surface area contributed by atoms with Crippen LogP contribution in [0.2, 0.25) is 0 Å². The van der Waals surface area contributed by atoms with Crippen molar-refractivity contribution in [1.29, 1.82) is 0 Å². The largest absolute Gasteiger partial charge is 1.00 e. The maximum atomic E-state index is 13.5. The topological polar surface area (TPSA) is 193 Å².